The number of carbonyl (C=O) groups excluding carboxylic acids is 3. The quantitative estimate of drug-likeness (QED) is 0.839. The van der Waals surface area contributed by atoms with Gasteiger partial charge in [0.15, 0.2) is 0 Å². The fourth-order valence-electron chi connectivity index (χ4n) is 3.19. The normalized spacial score (nSPS) is 22.4. The molecule has 2 heterocycles. The Balaban J connectivity index is 1.93. The van der Waals surface area contributed by atoms with E-state index in [1.54, 1.807) is 0 Å². The second kappa shape index (κ2) is 5.61. The first kappa shape index (κ1) is 16.5. The fraction of sp³-hybridized carbons (Fsp3) is 0.438. The minimum Gasteiger partial charge on any atom is -0.322 e. The summed E-state index contributed by atoms with van der Waals surface area (Å²) in [7, 11) is 0. The number of alkyl halides is 3. The van der Waals surface area contributed by atoms with Crippen LogP contribution in [0.3, 0.4) is 0 Å². The van der Waals surface area contributed by atoms with Gasteiger partial charge in [0.2, 0.25) is 11.8 Å². The molecule has 2 atom stereocenters. The molecule has 0 bridgehead atoms. The second-order valence-electron chi connectivity index (χ2n) is 6.04. The van der Waals surface area contributed by atoms with Gasteiger partial charge in [-0.2, -0.15) is 13.2 Å². The minimum absolute atomic E-state index is 0.0446. The Kier molecular flexibility index (Phi) is 3.85. The van der Waals surface area contributed by atoms with Crippen LogP contribution in [0.15, 0.2) is 18.2 Å². The van der Waals surface area contributed by atoms with Crippen molar-refractivity contribution >= 4 is 17.7 Å². The highest BCUT2D eigenvalue weighted by Gasteiger charge is 2.43. The lowest BCUT2D eigenvalue weighted by molar-refractivity contribution is -0.146. The third-order valence-electron chi connectivity index (χ3n) is 4.58. The average Bonchev–Trinajstić information content (AvgIpc) is 2.83. The first-order chi connectivity index (χ1) is 11.2. The number of hydrogen-bond donors (Lipinski definition) is 1. The summed E-state index contributed by atoms with van der Waals surface area (Å²) in [5.41, 5.74) is 0.536. The molecule has 128 valence electrons. The number of piperidine rings is 1. The molecule has 3 amide bonds. The van der Waals surface area contributed by atoms with Crippen molar-refractivity contribution < 1.29 is 27.6 Å². The summed E-state index contributed by atoms with van der Waals surface area (Å²) in [6.45, 7) is 0.992. The molecule has 1 saturated heterocycles. The molecule has 0 saturated carbocycles. The highest BCUT2D eigenvalue weighted by atomic mass is 19.4. The summed E-state index contributed by atoms with van der Waals surface area (Å²) in [4.78, 5) is 37.0. The summed E-state index contributed by atoms with van der Waals surface area (Å²) in [5.74, 6) is -3.18. The summed E-state index contributed by atoms with van der Waals surface area (Å²) in [6, 6.07) is 3.41. The number of amides is 3. The number of nitrogens with one attached hydrogen (secondary N) is 1. The van der Waals surface area contributed by atoms with E-state index in [9.17, 15) is 27.6 Å². The first-order valence-corrected chi connectivity index (χ1v) is 7.53. The minimum atomic E-state index is -4.42. The Labute approximate surface area is 135 Å². The molecule has 2 aliphatic rings. The molecule has 1 fully saturated rings. The molecule has 1 unspecified atom stereocenters. The van der Waals surface area contributed by atoms with Crippen molar-refractivity contribution in [2.45, 2.75) is 44.4 Å². The molecule has 1 aromatic rings. The van der Waals surface area contributed by atoms with Crippen LogP contribution in [0.1, 0.15) is 47.2 Å². The Bertz CT molecular complexity index is 730. The van der Waals surface area contributed by atoms with Crippen LogP contribution >= 0.6 is 0 Å². The zero-order valence-corrected chi connectivity index (χ0v) is 12.8. The average molecular weight is 340 g/mol. The van der Waals surface area contributed by atoms with Crippen molar-refractivity contribution in [2.75, 3.05) is 0 Å². The molecule has 0 radical (unpaired) electrons. The number of hydrogen-bond acceptors (Lipinski definition) is 3. The summed E-state index contributed by atoms with van der Waals surface area (Å²) in [6.07, 6.45) is -4.14. The zero-order chi connectivity index (χ0) is 17.6. The van der Waals surface area contributed by atoms with Crippen LogP contribution in [0, 0.1) is 0 Å². The van der Waals surface area contributed by atoms with E-state index in [0.29, 0.717) is 5.56 Å². The smallest absolute Gasteiger partial charge is 0.322 e. The van der Waals surface area contributed by atoms with Crippen molar-refractivity contribution in [3.63, 3.8) is 0 Å². The third kappa shape index (κ3) is 2.65. The summed E-state index contributed by atoms with van der Waals surface area (Å²) in [5, 5.41) is 2.16. The standard InChI is InChI=1S/C16H15F3N2O3/c1-8(16(17,18)19)9-3-2-4-10-11(9)7-21(15(10)24)12-5-6-13(22)20-14(12)23/h2-4,8,12H,5-7H2,1H3,(H,20,22,23)/t8-,12?/m0/s1. The van der Waals surface area contributed by atoms with E-state index in [0.717, 1.165) is 6.92 Å². The Morgan fingerprint density at radius 2 is 1.96 bits per heavy atom. The van der Waals surface area contributed by atoms with Gasteiger partial charge in [-0.15, -0.1) is 0 Å². The monoisotopic (exact) mass is 340 g/mol. The SMILES string of the molecule is C[C@@H](c1cccc2c1CN(C1CCC(=O)NC1=O)C2=O)C(F)(F)F. The van der Waals surface area contributed by atoms with Crippen molar-refractivity contribution in [3.05, 3.63) is 34.9 Å². The number of imide groups is 1. The van der Waals surface area contributed by atoms with E-state index in [1.165, 1.54) is 23.1 Å². The van der Waals surface area contributed by atoms with Crippen LogP contribution in [-0.2, 0) is 16.1 Å². The Hall–Kier alpha value is -2.38. The van der Waals surface area contributed by atoms with E-state index < -0.39 is 35.9 Å². The maximum atomic E-state index is 13.1. The van der Waals surface area contributed by atoms with E-state index in [-0.39, 0.29) is 30.5 Å². The van der Waals surface area contributed by atoms with Gasteiger partial charge in [0, 0.05) is 18.5 Å². The second-order valence-corrected chi connectivity index (χ2v) is 6.04. The van der Waals surface area contributed by atoms with Crippen LogP contribution < -0.4 is 5.32 Å². The number of fused-ring (bicyclic) bond motifs is 1. The van der Waals surface area contributed by atoms with Crippen molar-refractivity contribution in [2.24, 2.45) is 0 Å². The Morgan fingerprint density at radius 3 is 2.58 bits per heavy atom. The molecule has 1 N–H and O–H groups in total. The zero-order valence-electron chi connectivity index (χ0n) is 12.8. The van der Waals surface area contributed by atoms with Gasteiger partial charge in [-0.3, -0.25) is 19.7 Å². The molecule has 24 heavy (non-hydrogen) atoms. The first-order valence-electron chi connectivity index (χ1n) is 7.53. The van der Waals surface area contributed by atoms with E-state index in [2.05, 4.69) is 5.32 Å². The molecule has 0 spiro atoms. The number of nitrogens with zero attached hydrogens (tertiary/aromatic N) is 1. The van der Waals surface area contributed by atoms with Crippen LogP contribution in [-0.4, -0.2) is 34.8 Å². The number of carbonyl (C=O) groups is 3. The van der Waals surface area contributed by atoms with Gasteiger partial charge < -0.3 is 4.90 Å². The molecule has 8 heteroatoms. The number of rotatable bonds is 2. The lowest BCUT2D eigenvalue weighted by Crippen LogP contribution is -2.52. The Morgan fingerprint density at radius 1 is 1.25 bits per heavy atom. The number of benzene rings is 1. The molecular formula is C16H15F3N2O3. The van der Waals surface area contributed by atoms with Crippen LogP contribution in [0.25, 0.3) is 0 Å². The van der Waals surface area contributed by atoms with Gasteiger partial charge in [0.05, 0.1) is 5.92 Å². The van der Waals surface area contributed by atoms with E-state index in [4.69, 9.17) is 0 Å². The van der Waals surface area contributed by atoms with Crippen molar-refractivity contribution in [1.29, 1.82) is 0 Å². The van der Waals surface area contributed by atoms with E-state index >= 15 is 0 Å². The van der Waals surface area contributed by atoms with Gasteiger partial charge in [0.25, 0.3) is 5.91 Å². The molecule has 1 aromatic carbocycles. The van der Waals surface area contributed by atoms with Crippen LogP contribution in [0.2, 0.25) is 0 Å². The lowest BCUT2D eigenvalue weighted by Gasteiger charge is -2.29. The van der Waals surface area contributed by atoms with Gasteiger partial charge in [-0.05, 0) is 30.5 Å². The molecule has 5 nitrogen and oxygen atoms in total. The lowest BCUT2D eigenvalue weighted by atomic mass is 9.93. The van der Waals surface area contributed by atoms with Gasteiger partial charge in [-0.25, -0.2) is 0 Å². The highest BCUT2D eigenvalue weighted by Crippen LogP contribution is 2.39. The molecule has 0 aliphatic carbocycles. The van der Waals surface area contributed by atoms with Gasteiger partial charge in [0.1, 0.15) is 6.04 Å². The summed E-state index contributed by atoms with van der Waals surface area (Å²) >= 11 is 0. The topological polar surface area (TPSA) is 66.5 Å². The molecule has 0 aromatic heterocycles. The van der Waals surface area contributed by atoms with Gasteiger partial charge >= 0.3 is 6.18 Å². The van der Waals surface area contributed by atoms with Crippen LogP contribution in [0.5, 0.6) is 0 Å². The molecule has 3 rings (SSSR count). The van der Waals surface area contributed by atoms with Crippen molar-refractivity contribution in [1.82, 2.24) is 10.2 Å². The van der Waals surface area contributed by atoms with E-state index in [1.807, 2.05) is 0 Å². The van der Waals surface area contributed by atoms with Crippen molar-refractivity contribution in [3.8, 4) is 0 Å². The number of halogens is 3. The largest absolute Gasteiger partial charge is 0.395 e. The van der Waals surface area contributed by atoms with Gasteiger partial charge in [-0.1, -0.05) is 12.1 Å². The molecule has 2 aliphatic heterocycles. The maximum Gasteiger partial charge on any atom is 0.395 e. The highest BCUT2D eigenvalue weighted by molar-refractivity contribution is 6.05. The maximum absolute atomic E-state index is 13.1. The summed E-state index contributed by atoms with van der Waals surface area (Å²) < 4.78 is 39.2. The predicted molar refractivity (Wildman–Crippen MR) is 77.0 cm³/mol. The fourth-order valence-corrected chi connectivity index (χ4v) is 3.19. The van der Waals surface area contributed by atoms with Crippen LogP contribution in [0.4, 0.5) is 13.2 Å². The third-order valence-corrected chi connectivity index (χ3v) is 4.58. The predicted octanol–water partition coefficient (Wildman–Crippen LogP) is 2.11. The molecular weight excluding hydrogens is 325 g/mol.